The molecule has 0 unspecified atom stereocenters. The fourth-order valence-electron chi connectivity index (χ4n) is 2.82. The standard InChI is InChI=1S/C19H25N5OS/c1-6-24-15(9-10-20-24)18(25)23(12-11-22(4)5)19-21-17-14(3)13(2)7-8-16(17)26-19/h7-10H,6,11-12H2,1-5H3. The molecule has 2 heterocycles. The molecule has 26 heavy (non-hydrogen) atoms. The molecule has 2 aromatic heterocycles. The predicted octanol–water partition coefficient (Wildman–Crippen LogP) is 3.34. The van der Waals surface area contributed by atoms with Gasteiger partial charge in [0.25, 0.3) is 5.91 Å². The molecular weight excluding hydrogens is 346 g/mol. The maximum absolute atomic E-state index is 13.2. The van der Waals surface area contributed by atoms with Crippen LogP contribution in [0.15, 0.2) is 24.4 Å². The van der Waals surface area contributed by atoms with E-state index in [0.717, 1.165) is 21.9 Å². The SMILES string of the molecule is CCn1nccc1C(=O)N(CCN(C)C)c1nc2c(C)c(C)ccc2s1. The van der Waals surface area contributed by atoms with E-state index in [1.54, 1.807) is 33.2 Å². The van der Waals surface area contributed by atoms with Crippen LogP contribution in [0.5, 0.6) is 0 Å². The van der Waals surface area contributed by atoms with Crippen LogP contribution in [0, 0.1) is 13.8 Å². The molecular formula is C19H25N5OS. The third-order valence-corrected chi connectivity index (χ3v) is 5.60. The zero-order valence-corrected chi connectivity index (χ0v) is 16.8. The second-order valence-corrected chi connectivity index (χ2v) is 7.65. The number of hydrogen-bond acceptors (Lipinski definition) is 5. The Morgan fingerprint density at radius 3 is 2.65 bits per heavy atom. The number of benzene rings is 1. The van der Waals surface area contributed by atoms with E-state index in [9.17, 15) is 4.79 Å². The lowest BCUT2D eigenvalue weighted by molar-refractivity contribution is 0.0975. The summed E-state index contributed by atoms with van der Waals surface area (Å²) in [6.45, 7) is 8.16. The van der Waals surface area contributed by atoms with Crippen LogP contribution < -0.4 is 4.90 Å². The van der Waals surface area contributed by atoms with E-state index in [1.165, 1.54) is 11.1 Å². The number of likely N-dealkylation sites (N-methyl/N-ethyl adjacent to an activating group) is 1. The molecule has 0 saturated carbocycles. The molecule has 138 valence electrons. The van der Waals surface area contributed by atoms with Gasteiger partial charge in [0.15, 0.2) is 5.13 Å². The van der Waals surface area contributed by atoms with Gasteiger partial charge >= 0.3 is 0 Å². The van der Waals surface area contributed by atoms with Gasteiger partial charge in [-0.2, -0.15) is 5.10 Å². The smallest absolute Gasteiger partial charge is 0.278 e. The van der Waals surface area contributed by atoms with Gasteiger partial charge in [0.2, 0.25) is 0 Å². The number of nitrogens with zero attached hydrogens (tertiary/aromatic N) is 5. The van der Waals surface area contributed by atoms with Gasteiger partial charge < -0.3 is 4.90 Å². The van der Waals surface area contributed by atoms with Gasteiger partial charge in [0.1, 0.15) is 5.69 Å². The van der Waals surface area contributed by atoms with Crippen molar-refractivity contribution >= 4 is 32.6 Å². The van der Waals surface area contributed by atoms with Crippen molar-refractivity contribution in [3.63, 3.8) is 0 Å². The molecule has 0 bridgehead atoms. The molecule has 0 fully saturated rings. The van der Waals surface area contributed by atoms with Crippen LogP contribution in [0.3, 0.4) is 0 Å². The summed E-state index contributed by atoms with van der Waals surface area (Å²) in [6.07, 6.45) is 1.67. The summed E-state index contributed by atoms with van der Waals surface area (Å²) in [5.41, 5.74) is 3.96. The van der Waals surface area contributed by atoms with Crippen LogP contribution in [-0.4, -0.2) is 52.8 Å². The first kappa shape index (κ1) is 18.5. The van der Waals surface area contributed by atoms with E-state index in [4.69, 9.17) is 4.98 Å². The largest absolute Gasteiger partial charge is 0.308 e. The summed E-state index contributed by atoms with van der Waals surface area (Å²) in [5, 5.41) is 4.98. The lowest BCUT2D eigenvalue weighted by Crippen LogP contribution is -2.37. The van der Waals surface area contributed by atoms with Crippen LogP contribution in [0.2, 0.25) is 0 Å². The molecule has 0 aliphatic carbocycles. The summed E-state index contributed by atoms with van der Waals surface area (Å²) in [5.74, 6) is -0.0559. The molecule has 0 spiro atoms. The van der Waals surface area contributed by atoms with Crippen molar-refractivity contribution in [3.05, 3.63) is 41.2 Å². The highest BCUT2D eigenvalue weighted by atomic mass is 32.1. The molecule has 0 atom stereocenters. The Morgan fingerprint density at radius 1 is 1.19 bits per heavy atom. The summed E-state index contributed by atoms with van der Waals surface area (Å²) in [6, 6.07) is 5.97. The van der Waals surface area contributed by atoms with E-state index in [2.05, 4.69) is 36.0 Å². The first-order valence-corrected chi connectivity index (χ1v) is 9.59. The quantitative estimate of drug-likeness (QED) is 0.667. The minimum absolute atomic E-state index is 0.0559. The van der Waals surface area contributed by atoms with Crippen LogP contribution in [0.25, 0.3) is 10.2 Å². The van der Waals surface area contributed by atoms with Crippen molar-refractivity contribution in [2.45, 2.75) is 27.3 Å². The Balaban J connectivity index is 2.03. The van der Waals surface area contributed by atoms with Crippen molar-refractivity contribution in [1.29, 1.82) is 0 Å². The normalized spacial score (nSPS) is 11.5. The summed E-state index contributed by atoms with van der Waals surface area (Å²) in [7, 11) is 4.01. The topological polar surface area (TPSA) is 54.3 Å². The number of thiazole rings is 1. The van der Waals surface area contributed by atoms with Crippen molar-refractivity contribution in [1.82, 2.24) is 19.7 Å². The monoisotopic (exact) mass is 371 g/mol. The number of amides is 1. The predicted molar refractivity (Wildman–Crippen MR) is 107 cm³/mol. The highest BCUT2D eigenvalue weighted by Crippen LogP contribution is 2.32. The van der Waals surface area contributed by atoms with E-state index < -0.39 is 0 Å². The lowest BCUT2D eigenvalue weighted by atomic mass is 10.1. The minimum atomic E-state index is -0.0559. The zero-order chi connectivity index (χ0) is 18.8. The average molecular weight is 372 g/mol. The number of aromatic nitrogens is 3. The van der Waals surface area contributed by atoms with Crippen LogP contribution >= 0.6 is 11.3 Å². The third kappa shape index (κ3) is 3.50. The Bertz CT molecular complexity index is 927. The van der Waals surface area contributed by atoms with Gasteiger partial charge in [-0.1, -0.05) is 17.4 Å². The molecule has 0 radical (unpaired) electrons. The lowest BCUT2D eigenvalue weighted by Gasteiger charge is -2.22. The molecule has 1 aromatic carbocycles. The Labute approximate surface area is 158 Å². The molecule has 6 nitrogen and oxygen atoms in total. The van der Waals surface area contributed by atoms with E-state index in [1.807, 2.05) is 21.0 Å². The van der Waals surface area contributed by atoms with Crippen LogP contribution in [0.1, 0.15) is 28.5 Å². The van der Waals surface area contributed by atoms with E-state index >= 15 is 0 Å². The molecule has 0 saturated heterocycles. The van der Waals surface area contributed by atoms with Gasteiger partial charge in [-0.15, -0.1) is 0 Å². The number of rotatable bonds is 6. The highest BCUT2D eigenvalue weighted by Gasteiger charge is 2.24. The first-order chi connectivity index (χ1) is 12.4. The third-order valence-electron chi connectivity index (χ3n) is 4.56. The second kappa shape index (κ2) is 7.55. The number of aryl methyl sites for hydroxylation is 3. The second-order valence-electron chi connectivity index (χ2n) is 6.64. The van der Waals surface area contributed by atoms with Gasteiger partial charge in [-0.25, -0.2) is 4.98 Å². The van der Waals surface area contributed by atoms with Crippen molar-refractivity contribution in [2.24, 2.45) is 0 Å². The van der Waals surface area contributed by atoms with Crippen molar-refractivity contribution in [2.75, 3.05) is 32.1 Å². The van der Waals surface area contributed by atoms with Crippen molar-refractivity contribution in [3.8, 4) is 0 Å². The maximum atomic E-state index is 13.2. The average Bonchev–Trinajstić information content (AvgIpc) is 3.25. The fraction of sp³-hybridized carbons (Fsp3) is 0.421. The van der Waals surface area contributed by atoms with Gasteiger partial charge in [-0.05, 0) is 58.1 Å². The fourth-order valence-corrected chi connectivity index (χ4v) is 3.87. The van der Waals surface area contributed by atoms with Gasteiger partial charge in [-0.3, -0.25) is 14.4 Å². The Morgan fingerprint density at radius 2 is 1.96 bits per heavy atom. The number of carbonyl (C=O) groups excluding carboxylic acids is 1. The summed E-state index contributed by atoms with van der Waals surface area (Å²) < 4.78 is 2.84. The first-order valence-electron chi connectivity index (χ1n) is 8.77. The molecule has 1 amide bonds. The maximum Gasteiger partial charge on any atom is 0.278 e. The Hall–Kier alpha value is -2.25. The van der Waals surface area contributed by atoms with Gasteiger partial charge in [0, 0.05) is 25.8 Å². The summed E-state index contributed by atoms with van der Waals surface area (Å²) >= 11 is 1.56. The molecule has 7 heteroatoms. The molecule has 0 N–H and O–H groups in total. The van der Waals surface area contributed by atoms with Crippen LogP contribution in [-0.2, 0) is 6.54 Å². The van der Waals surface area contributed by atoms with E-state index in [-0.39, 0.29) is 5.91 Å². The summed E-state index contributed by atoms with van der Waals surface area (Å²) in [4.78, 5) is 21.9. The molecule has 0 aliphatic rings. The zero-order valence-electron chi connectivity index (χ0n) is 16.0. The Kier molecular flexibility index (Phi) is 5.38. The van der Waals surface area contributed by atoms with Crippen LogP contribution in [0.4, 0.5) is 5.13 Å². The molecule has 3 aromatic rings. The van der Waals surface area contributed by atoms with Gasteiger partial charge in [0.05, 0.1) is 10.2 Å². The number of hydrogen-bond donors (Lipinski definition) is 0. The minimum Gasteiger partial charge on any atom is -0.308 e. The molecule has 3 rings (SSSR count). The van der Waals surface area contributed by atoms with E-state index in [0.29, 0.717) is 18.8 Å². The van der Waals surface area contributed by atoms with Crippen molar-refractivity contribution < 1.29 is 4.79 Å². The number of carbonyl (C=O) groups is 1. The number of anilines is 1. The molecule has 0 aliphatic heterocycles. The number of fused-ring (bicyclic) bond motifs is 1. The highest BCUT2D eigenvalue weighted by molar-refractivity contribution is 7.22.